The second kappa shape index (κ2) is 7.30. The van der Waals surface area contributed by atoms with E-state index in [-0.39, 0.29) is 0 Å². The third kappa shape index (κ3) is 3.66. The van der Waals surface area contributed by atoms with Gasteiger partial charge in [-0.25, -0.2) is 0 Å². The van der Waals surface area contributed by atoms with E-state index in [4.69, 9.17) is 11.6 Å². The molecule has 1 N–H and O–H groups in total. The van der Waals surface area contributed by atoms with Gasteiger partial charge in [0.05, 0.1) is 10.7 Å². The second-order valence-electron chi connectivity index (χ2n) is 5.75. The molecule has 4 heteroatoms. The molecule has 0 spiro atoms. The van der Waals surface area contributed by atoms with Gasteiger partial charge in [-0.3, -0.25) is 4.90 Å². The van der Waals surface area contributed by atoms with Crippen molar-refractivity contribution in [2.24, 2.45) is 5.92 Å². The molecule has 1 fully saturated rings. The van der Waals surface area contributed by atoms with Crippen molar-refractivity contribution in [1.82, 2.24) is 10.2 Å². The van der Waals surface area contributed by atoms with Crippen LogP contribution in [0.1, 0.15) is 13.8 Å². The molecule has 20 heavy (non-hydrogen) atoms. The Morgan fingerprint density at radius 2 is 1.80 bits per heavy atom. The molecule has 0 saturated carbocycles. The predicted octanol–water partition coefficient (Wildman–Crippen LogP) is 2.71. The molecule has 0 radical (unpaired) electrons. The van der Waals surface area contributed by atoms with Gasteiger partial charge in [0.2, 0.25) is 0 Å². The average Bonchev–Trinajstić information content (AvgIpc) is 2.47. The predicted molar refractivity (Wildman–Crippen MR) is 87.8 cm³/mol. The minimum absolute atomic E-state index is 0.621. The van der Waals surface area contributed by atoms with Crippen LogP contribution in [0.4, 0.5) is 5.69 Å². The summed E-state index contributed by atoms with van der Waals surface area (Å²) in [5, 5.41) is 4.13. The molecular weight excluding hydrogens is 270 g/mol. The number of anilines is 1. The fourth-order valence-corrected chi connectivity index (χ4v) is 3.19. The Kier molecular flexibility index (Phi) is 5.70. The lowest BCUT2D eigenvalue weighted by Crippen LogP contribution is -2.52. The molecular formula is C16H26ClN3. The first-order valence-electron chi connectivity index (χ1n) is 7.51. The monoisotopic (exact) mass is 295 g/mol. The van der Waals surface area contributed by atoms with E-state index in [9.17, 15) is 0 Å². The SMILES string of the molecule is CNCC(C)C(C)N1CCN(c2ccccc2Cl)CC1. The van der Waals surface area contributed by atoms with Gasteiger partial charge in [-0.1, -0.05) is 30.7 Å². The zero-order valence-electron chi connectivity index (χ0n) is 12.8. The molecule has 0 aliphatic carbocycles. The smallest absolute Gasteiger partial charge is 0.0639 e. The van der Waals surface area contributed by atoms with E-state index in [2.05, 4.69) is 41.1 Å². The molecule has 0 amide bonds. The highest BCUT2D eigenvalue weighted by molar-refractivity contribution is 6.33. The largest absolute Gasteiger partial charge is 0.368 e. The van der Waals surface area contributed by atoms with Gasteiger partial charge in [-0.05, 0) is 38.6 Å². The van der Waals surface area contributed by atoms with Crippen molar-refractivity contribution in [1.29, 1.82) is 0 Å². The summed E-state index contributed by atoms with van der Waals surface area (Å²) < 4.78 is 0. The van der Waals surface area contributed by atoms with Crippen molar-refractivity contribution >= 4 is 17.3 Å². The summed E-state index contributed by atoms with van der Waals surface area (Å²) in [6, 6.07) is 8.76. The van der Waals surface area contributed by atoms with Gasteiger partial charge in [0, 0.05) is 32.2 Å². The van der Waals surface area contributed by atoms with Gasteiger partial charge in [0.1, 0.15) is 0 Å². The molecule has 2 atom stereocenters. The normalized spacial score (nSPS) is 19.9. The van der Waals surface area contributed by atoms with E-state index in [0.29, 0.717) is 12.0 Å². The third-order valence-corrected chi connectivity index (χ3v) is 4.75. The highest BCUT2D eigenvalue weighted by Crippen LogP contribution is 2.26. The molecule has 0 bridgehead atoms. The summed E-state index contributed by atoms with van der Waals surface area (Å²) in [5.41, 5.74) is 1.17. The Balaban J connectivity index is 1.91. The number of nitrogens with one attached hydrogen (secondary N) is 1. The number of para-hydroxylation sites is 1. The zero-order chi connectivity index (χ0) is 14.5. The number of hydrogen-bond acceptors (Lipinski definition) is 3. The minimum Gasteiger partial charge on any atom is -0.368 e. The fourth-order valence-electron chi connectivity index (χ4n) is 2.93. The maximum Gasteiger partial charge on any atom is 0.0639 e. The van der Waals surface area contributed by atoms with E-state index >= 15 is 0 Å². The maximum absolute atomic E-state index is 6.28. The Labute approximate surface area is 127 Å². The summed E-state index contributed by atoms with van der Waals surface area (Å²) >= 11 is 6.28. The quantitative estimate of drug-likeness (QED) is 0.901. The number of nitrogens with zero attached hydrogens (tertiary/aromatic N) is 2. The van der Waals surface area contributed by atoms with Crippen LogP contribution in [0.5, 0.6) is 0 Å². The van der Waals surface area contributed by atoms with E-state index in [1.54, 1.807) is 0 Å². The van der Waals surface area contributed by atoms with Crippen LogP contribution in [0, 0.1) is 5.92 Å². The van der Waals surface area contributed by atoms with Crippen LogP contribution in [0.15, 0.2) is 24.3 Å². The van der Waals surface area contributed by atoms with Crippen LogP contribution >= 0.6 is 11.6 Å². The van der Waals surface area contributed by atoms with Crippen LogP contribution in [0.2, 0.25) is 5.02 Å². The van der Waals surface area contributed by atoms with Crippen molar-refractivity contribution < 1.29 is 0 Å². The highest BCUT2D eigenvalue weighted by Gasteiger charge is 2.24. The first kappa shape index (κ1) is 15.6. The number of rotatable bonds is 5. The van der Waals surface area contributed by atoms with Crippen molar-refractivity contribution in [3.63, 3.8) is 0 Å². The summed E-state index contributed by atoms with van der Waals surface area (Å²) in [4.78, 5) is 4.99. The van der Waals surface area contributed by atoms with Gasteiger partial charge >= 0.3 is 0 Å². The highest BCUT2D eigenvalue weighted by atomic mass is 35.5. The maximum atomic E-state index is 6.28. The van der Waals surface area contributed by atoms with Crippen LogP contribution in [-0.4, -0.2) is 50.7 Å². The van der Waals surface area contributed by atoms with Crippen molar-refractivity contribution in [3.8, 4) is 0 Å². The molecule has 1 saturated heterocycles. The Morgan fingerprint density at radius 3 is 2.40 bits per heavy atom. The van der Waals surface area contributed by atoms with Crippen LogP contribution in [0.3, 0.4) is 0 Å². The molecule has 1 aliphatic heterocycles. The molecule has 1 aromatic carbocycles. The van der Waals surface area contributed by atoms with Crippen LogP contribution in [-0.2, 0) is 0 Å². The number of hydrogen-bond donors (Lipinski definition) is 1. The topological polar surface area (TPSA) is 18.5 Å². The van der Waals surface area contributed by atoms with Crippen LogP contribution in [0.25, 0.3) is 0 Å². The zero-order valence-corrected chi connectivity index (χ0v) is 13.5. The first-order valence-corrected chi connectivity index (χ1v) is 7.89. The van der Waals surface area contributed by atoms with Gasteiger partial charge in [0.15, 0.2) is 0 Å². The fraction of sp³-hybridized carbons (Fsp3) is 0.625. The third-order valence-electron chi connectivity index (χ3n) is 4.43. The van der Waals surface area contributed by atoms with Crippen molar-refractivity contribution in [3.05, 3.63) is 29.3 Å². The lowest BCUT2D eigenvalue weighted by molar-refractivity contribution is 0.152. The Bertz CT molecular complexity index is 416. The molecule has 1 aliphatic rings. The molecule has 1 heterocycles. The van der Waals surface area contributed by atoms with Gasteiger partial charge in [0.25, 0.3) is 0 Å². The molecule has 1 aromatic rings. The van der Waals surface area contributed by atoms with Gasteiger partial charge in [-0.15, -0.1) is 0 Å². The molecule has 3 nitrogen and oxygen atoms in total. The molecule has 0 aromatic heterocycles. The van der Waals surface area contributed by atoms with Gasteiger partial charge in [-0.2, -0.15) is 0 Å². The first-order chi connectivity index (χ1) is 9.63. The number of halogens is 1. The lowest BCUT2D eigenvalue weighted by Gasteiger charge is -2.41. The number of benzene rings is 1. The summed E-state index contributed by atoms with van der Waals surface area (Å²) in [5.74, 6) is 0.673. The summed E-state index contributed by atoms with van der Waals surface area (Å²) in [7, 11) is 2.03. The van der Waals surface area contributed by atoms with E-state index in [1.807, 2.05) is 19.2 Å². The second-order valence-corrected chi connectivity index (χ2v) is 6.16. The molecule has 112 valence electrons. The minimum atomic E-state index is 0.621. The van der Waals surface area contributed by atoms with Gasteiger partial charge < -0.3 is 10.2 Å². The van der Waals surface area contributed by atoms with E-state index in [1.165, 1.54) is 5.69 Å². The molecule has 2 unspecified atom stereocenters. The summed E-state index contributed by atoms with van der Waals surface area (Å²) in [6.07, 6.45) is 0. The lowest BCUT2D eigenvalue weighted by atomic mass is 10.0. The average molecular weight is 296 g/mol. The van der Waals surface area contributed by atoms with E-state index < -0.39 is 0 Å². The summed E-state index contributed by atoms with van der Waals surface area (Å²) in [6.45, 7) is 10.1. The van der Waals surface area contributed by atoms with Crippen molar-refractivity contribution in [2.75, 3.05) is 44.7 Å². The van der Waals surface area contributed by atoms with E-state index in [0.717, 1.165) is 37.7 Å². The van der Waals surface area contributed by atoms with Crippen molar-refractivity contribution in [2.45, 2.75) is 19.9 Å². The number of piperazine rings is 1. The van der Waals surface area contributed by atoms with Crippen LogP contribution < -0.4 is 10.2 Å². The Hall–Kier alpha value is -0.770. The molecule has 2 rings (SSSR count). The standard InChI is InChI=1S/C16H26ClN3/c1-13(12-18-3)14(2)19-8-10-20(11-9-19)16-7-5-4-6-15(16)17/h4-7,13-14,18H,8-12H2,1-3H3. The Morgan fingerprint density at radius 1 is 1.15 bits per heavy atom.